The van der Waals surface area contributed by atoms with Crippen molar-refractivity contribution in [1.82, 2.24) is 0 Å². The van der Waals surface area contributed by atoms with Crippen molar-refractivity contribution in [3.63, 3.8) is 0 Å². The van der Waals surface area contributed by atoms with E-state index in [-0.39, 0.29) is 70.8 Å². The van der Waals surface area contributed by atoms with Gasteiger partial charge in [0.05, 0.1) is 11.0 Å². The second-order valence-electron chi connectivity index (χ2n) is 10.4. The van der Waals surface area contributed by atoms with Crippen molar-refractivity contribution in [2.75, 3.05) is 4.90 Å². The summed E-state index contributed by atoms with van der Waals surface area (Å²) in [6.45, 7) is 0. The van der Waals surface area contributed by atoms with Crippen LogP contribution in [0, 0.1) is 0 Å². The van der Waals surface area contributed by atoms with Gasteiger partial charge in [-0.25, -0.2) is 0 Å². The van der Waals surface area contributed by atoms with E-state index in [4.69, 9.17) is 9.90 Å². The second kappa shape index (κ2) is 11.1. The number of para-hydroxylation sites is 1. The van der Waals surface area contributed by atoms with Crippen LogP contribution in [-0.4, -0.2) is 0 Å². The third-order valence-electron chi connectivity index (χ3n) is 7.63. The minimum atomic E-state index is -0.384. The maximum absolute atomic E-state index is 9.22. The number of rotatable bonds is 6. The van der Waals surface area contributed by atoms with Gasteiger partial charge in [-0.1, -0.05) is 121 Å². The van der Waals surface area contributed by atoms with E-state index >= 15 is 0 Å². The molecule has 0 spiro atoms. The molecule has 7 aromatic carbocycles. The van der Waals surface area contributed by atoms with Gasteiger partial charge in [0.1, 0.15) is 11.2 Å². The number of benzene rings is 7. The number of nitrogens with zero attached hydrogens (tertiary/aromatic N) is 1. The molecular formula is C42H29NO. The number of fused-ring (bicyclic) bond motifs is 3. The SMILES string of the molecule is [2H]c1c([2H])c(N(c2ccc(-c3ccc4oc5ccccc5c4c3)cc2)c2c([2H])c([2H])c(-c3ccccc3)c([2H])c2[2H])c([2H])c([2H])c1-c1ccccc1. The molecule has 0 aliphatic rings. The van der Waals surface area contributed by atoms with Crippen LogP contribution in [0.3, 0.4) is 0 Å². The Morgan fingerprint density at radius 2 is 0.841 bits per heavy atom. The Labute approximate surface area is 268 Å². The van der Waals surface area contributed by atoms with E-state index in [1.54, 1.807) is 72.8 Å². The fourth-order valence-electron chi connectivity index (χ4n) is 5.41. The van der Waals surface area contributed by atoms with Crippen LogP contribution in [0.4, 0.5) is 17.1 Å². The third-order valence-corrected chi connectivity index (χ3v) is 7.63. The van der Waals surface area contributed by atoms with Gasteiger partial charge in [-0.3, -0.25) is 0 Å². The first kappa shape index (κ1) is 18.6. The summed E-state index contributed by atoms with van der Waals surface area (Å²) in [6, 6.07) is 35.7. The van der Waals surface area contributed by atoms with Crippen LogP contribution in [-0.2, 0) is 0 Å². The zero-order valence-electron chi connectivity index (χ0n) is 31.5. The first-order chi connectivity index (χ1) is 25.2. The van der Waals surface area contributed by atoms with Crippen molar-refractivity contribution in [2.24, 2.45) is 0 Å². The Hall–Kier alpha value is -5.86. The molecule has 0 unspecified atom stereocenters. The van der Waals surface area contributed by atoms with Gasteiger partial charge < -0.3 is 9.32 Å². The van der Waals surface area contributed by atoms with E-state index in [0.717, 1.165) is 33.1 Å². The molecule has 0 radical (unpaired) electrons. The minimum Gasteiger partial charge on any atom is -0.456 e. The molecule has 0 saturated carbocycles. The lowest BCUT2D eigenvalue weighted by Crippen LogP contribution is -2.09. The molecule has 1 aromatic heterocycles. The topological polar surface area (TPSA) is 16.4 Å². The summed E-state index contributed by atoms with van der Waals surface area (Å²) < 4.78 is 79.0. The van der Waals surface area contributed by atoms with Crippen molar-refractivity contribution in [1.29, 1.82) is 0 Å². The molecule has 0 aliphatic heterocycles. The normalized spacial score (nSPS) is 13.7. The number of furan rings is 1. The smallest absolute Gasteiger partial charge is 0.135 e. The lowest BCUT2D eigenvalue weighted by molar-refractivity contribution is 0.669. The average Bonchev–Trinajstić information content (AvgIpc) is 3.55. The standard InChI is InChI=1S/C42H29NO/c1-3-9-30(10-4-1)32-15-22-36(23-16-32)43(37-24-17-33(18-25-37)31-11-5-2-6-12-31)38-26-19-34(20-27-38)35-21-28-42-40(29-35)39-13-7-8-14-41(39)44-42/h1-29H/i15D,16D,17D,18D,22D,23D,24D,25D. The van der Waals surface area contributed by atoms with Crippen LogP contribution in [0.1, 0.15) is 11.0 Å². The largest absolute Gasteiger partial charge is 0.456 e. The zero-order chi connectivity index (χ0) is 36.3. The van der Waals surface area contributed by atoms with Crippen molar-refractivity contribution in [3.8, 4) is 33.4 Å². The van der Waals surface area contributed by atoms with Crippen molar-refractivity contribution < 1.29 is 15.4 Å². The Bertz CT molecular complexity index is 2490. The van der Waals surface area contributed by atoms with Gasteiger partial charge in [0, 0.05) is 27.8 Å². The van der Waals surface area contributed by atoms with Crippen LogP contribution in [0.2, 0.25) is 0 Å². The molecular weight excluding hydrogens is 534 g/mol. The summed E-state index contributed by atoms with van der Waals surface area (Å²) >= 11 is 0. The number of hydrogen-bond donors (Lipinski definition) is 0. The fourth-order valence-corrected chi connectivity index (χ4v) is 5.41. The van der Waals surface area contributed by atoms with Crippen molar-refractivity contribution >= 4 is 39.0 Å². The summed E-state index contributed by atoms with van der Waals surface area (Å²) in [5, 5.41) is 1.95. The lowest BCUT2D eigenvalue weighted by atomic mass is 10.0. The highest BCUT2D eigenvalue weighted by Crippen LogP contribution is 2.38. The highest BCUT2D eigenvalue weighted by Gasteiger charge is 2.14. The Morgan fingerprint density at radius 1 is 0.364 bits per heavy atom. The van der Waals surface area contributed by atoms with E-state index in [9.17, 15) is 5.48 Å². The highest BCUT2D eigenvalue weighted by molar-refractivity contribution is 6.06. The van der Waals surface area contributed by atoms with E-state index in [2.05, 4.69) is 0 Å². The lowest BCUT2D eigenvalue weighted by Gasteiger charge is -2.26. The average molecular weight is 572 g/mol. The van der Waals surface area contributed by atoms with Crippen LogP contribution in [0.5, 0.6) is 0 Å². The molecule has 208 valence electrons. The van der Waals surface area contributed by atoms with Gasteiger partial charge in [0.2, 0.25) is 0 Å². The molecule has 2 heteroatoms. The summed E-state index contributed by atoms with van der Waals surface area (Å²) in [4.78, 5) is 1.32. The Balaban J connectivity index is 1.34. The van der Waals surface area contributed by atoms with E-state index in [1.807, 2.05) is 54.6 Å². The first-order valence-electron chi connectivity index (χ1n) is 18.3. The molecule has 0 aliphatic carbocycles. The number of hydrogen-bond acceptors (Lipinski definition) is 2. The molecule has 0 saturated heterocycles. The number of anilines is 3. The van der Waals surface area contributed by atoms with Gasteiger partial charge in [0.15, 0.2) is 0 Å². The van der Waals surface area contributed by atoms with Gasteiger partial charge in [-0.2, -0.15) is 0 Å². The van der Waals surface area contributed by atoms with Crippen molar-refractivity contribution in [2.45, 2.75) is 0 Å². The van der Waals surface area contributed by atoms with E-state index < -0.39 is 0 Å². The molecule has 0 bridgehead atoms. The third kappa shape index (κ3) is 4.83. The summed E-state index contributed by atoms with van der Waals surface area (Å²) in [5.41, 5.74) is 4.52. The fraction of sp³-hybridized carbons (Fsp3) is 0. The zero-order valence-corrected chi connectivity index (χ0v) is 23.5. The highest BCUT2D eigenvalue weighted by atomic mass is 16.3. The second-order valence-corrected chi connectivity index (χ2v) is 10.4. The monoisotopic (exact) mass is 571 g/mol. The molecule has 8 aromatic rings. The molecule has 2 nitrogen and oxygen atoms in total. The minimum absolute atomic E-state index is 0.121. The Kier molecular flexibility index (Phi) is 4.70. The quantitative estimate of drug-likeness (QED) is 0.197. The van der Waals surface area contributed by atoms with E-state index in [1.165, 1.54) is 4.90 Å². The van der Waals surface area contributed by atoms with Crippen LogP contribution in [0.25, 0.3) is 55.3 Å². The predicted octanol–water partition coefficient (Wildman–Crippen LogP) is 12.1. The van der Waals surface area contributed by atoms with E-state index in [0.29, 0.717) is 16.8 Å². The predicted molar refractivity (Wildman–Crippen MR) is 185 cm³/mol. The molecule has 8 rings (SSSR count). The van der Waals surface area contributed by atoms with Crippen molar-refractivity contribution in [3.05, 3.63) is 176 Å². The molecule has 0 amide bonds. The first-order valence-corrected chi connectivity index (χ1v) is 14.3. The molecule has 44 heavy (non-hydrogen) atoms. The summed E-state index contributed by atoms with van der Waals surface area (Å²) in [7, 11) is 0. The molecule has 1 heterocycles. The molecule has 0 fully saturated rings. The maximum atomic E-state index is 9.22. The Morgan fingerprint density at radius 3 is 1.43 bits per heavy atom. The van der Waals surface area contributed by atoms with Gasteiger partial charge in [-0.15, -0.1) is 0 Å². The maximum Gasteiger partial charge on any atom is 0.135 e. The van der Waals surface area contributed by atoms with Gasteiger partial charge in [-0.05, 0) is 87.9 Å². The van der Waals surface area contributed by atoms with Gasteiger partial charge >= 0.3 is 0 Å². The molecule has 0 N–H and O–H groups in total. The summed E-state index contributed by atoms with van der Waals surface area (Å²) in [5.74, 6) is 0. The van der Waals surface area contributed by atoms with Gasteiger partial charge in [0.25, 0.3) is 0 Å². The van der Waals surface area contributed by atoms with Crippen LogP contribution in [0.15, 0.2) is 180 Å². The molecule has 0 atom stereocenters. The summed E-state index contributed by atoms with van der Waals surface area (Å²) in [6.07, 6.45) is 0. The van der Waals surface area contributed by atoms with Crippen LogP contribution < -0.4 is 4.90 Å². The van der Waals surface area contributed by atoms with Crippen LogP contribution >= 0.6 is 0 Å².